The Bertz CT molecular complexity index is 1290. The number of nitrogen functional groups attached to an aromatic ring is 1. The number of rotatable bonds is 9. The van der Waals surface area contributed by atoms with Gasteiger partial charge in [0.15, 0.2) is 16.8 Å². The smallest absolute Gasteiger partial charge is 0.332 e. The summed E-state index contributed by atoms with van der Waals surface area (Å²) in [4.78, 5) is 40.2. The number of carbonyl (C=O) groups excluding carboxylic acids is 1. The molecule has 34 heavy (non-hydrogen) atoms. The minimum atomic E-state index is -0.705. The fourth-order valence-electron chi connectivity index (χ4n) is 3.83. The Balaban J connectivity index is 2.01. The number of thioether (sulfide) groups is 1. The average Bonchev–Trinajstić information content (AvgIpc) is 3.18. The summed E-state index contributed by atoms with van der Waals surface area (Å²) in [5.74, 6) is 0.195. The first-order chi connectivity index (χ1) is 16.1. The topological polar surface area (TPSA) is 121 Å². The molecule has 0 unspecified atom stereocenters. The number of hydrogen-bond acceptors (Lipinski definition) is 8. The third kappa shape index (κ3) is 4.85. The van der Waals surface area contributed by atoms with Gasteiger partial charge in [-0.15, -0.1) is 10.2 Å². The number of benzene rings is 1. The highest BCUT2D eigenvalue weighted by atomic mass is 32.2. The van der Waals surface area contributed by atoms with Crippen LogP contribution in [0.5, 0.6) is 0 Å². The number of carbonyl (C=O) groups is 1. The van der Waals surface area contributed by atoms with Gasteiger partial charge in [0.05, 0.1) is 17.8 Å². The van der Waals surface area contributed by atoms with Gasteiger partial charge in [-0.2, -0.15) is 0 Å². The van der Waals surface area contributed by atoms with E-state index in [0.717, 1.165) is 26.9 Å². The van der Waals surface area contributed by atoms with Crippen molar-refractivity contribution >= 4 is 23.4 Å². The minimum Gasteiger partial charge on any atom is -0.384 e. The molecule has 0 fully saturated rings. The summed E-state index contributed by atoms with van der Waals surface area (Å²) >= 11 is 1.22. The van der Waals surface area contributed by atoms with E-state index >= 15 is 0 Å². The first-order valence-electron chi connectivity index (χ1n) is 11.0. The number of hydrogen-bond donors (Lipinski definition) is 1. The van der Waals surface area contributed by atoms with Crippen molar-refractivity contribution in [3.8, 4) is 0 Å². The van der Waals surface area contributed by atoms with Crippen LogP contribution in [0, 0.1) is 0 Å². The summed E-state index contributed by atoms with van der Waals surface area (Å²) in [5, 5.41) is 8.76. The summed E-state index contributed by atoms with van der Waals surface area (Å²) in [6, 6.07) is 10.00. The van der Waals surface area contributed by atoms with Crippen molar-refractivity contribution in [1.82, 2.24) is 28.8 Å². The zero-order valence-corrected chi connectivity index (χ0v) is 21.2. The molecule has 0 radical (unpaired) electrons. The van der Waals surface area contributed by atoms with Gasteiger partial charge in [-0.05, 0) is 33.0 Å². The van der Waals surface area contributed by atoms with Crippen molar-refractivity contribution in [1.29, 1.82) is 0 Å². The third-order valence-corrected chi connectivity index (χ3v) is 6.93. The van der Waals surface area contributed by atoms with E-state index in [1.807, 2.05) is 49.0 Å². The lowest BCUT2D eigenvalue weighted by atomic mass is 10.1. The molecule has 0 amide bonds. The van der Waals surface area contributed by atoms with Gasteiger partial charge in [0.25, 0.3) is 5.56 Å². The monoisotopic (exact) mass is 485 g/mol. The van der Waals surface area contributed by atoms with Crippen LogP contribution in [0.15, 0.2) is 45.1 Å². The fourth-order valence-corrected chi connectivity index (χ4v) is 4.75. The quantitative estimate of drug-likeness (QED) is 0.359. The van der Waals surface area contributed by atoms with E-state index < -0.39 is 22.3 Å². The van der Waals surface area contributed by atoms with E-state index in [4.69, 9.17) is 5.73 Å². The summed E-state index contributed by atoms with van der Waals surface area (Å²) < 4.78 is 4.00. The molecule has 0 aliphatic heterocycles. The predicted octanol–water partition coefficient (Wildman–Crippen LogP) is 1.68. The van der Waals surface area contributed by atoms with Crippen LogP contribution < -0.4 is 17.0 Å². The molecule has 0 aliphatic rings. The molecule has 10 nitrogen and oxygen atoms in total. The van der Waals surface area contributed by atoms with Gasteiger partial charge < -0.3 is 10.3 Å². The fraction of sp³-hybridized carbons (Fsp3) is 0.435. The number of anilines is 1. The maximum atomic E-state index is 13.3. The van der Waals surface area contributed by atoms with Crippen molar-refractivity contribution < 1.29 is 4.79 Å². The van der Waals surface area contributed by atoms with E-state index in [-0.39, 0.29) is 17.4 Å². The molecule has 182 valence electrons. The van der Waals surface area contributed by atoms with Crippen LogP contribution in [-0.2, 0) is 20.6 Å². The lowest BCUT2D eigenvalue weighted by Crippen LogP contribution is -2.42. The lowest BCUT2D eigenvalue weighted by molar-refractivity contribution is 0.0992. The van der Waals surface area contributed by atoms with Crippen molar-refractivity contribution in [3.05, 3.63) is 68.1 Å². The van der Waals surface area contributed by atoms with Gasteiger partial charge in [-0.25, -0.2) is 4.79 Å². The predicted molar refractivity (Wildman–Crippen MR) is 133 cm³/mol. The highest BCUT2D eigenvalue weighted by molar-refractivity contribution is 8.00. The van der Waals surface area contributed by atoms with Crippen LogP contribution in [0.3, 0.4) is 0 Å². The minimum absolute atomic E-state index is 0.0446. The molecule has 2 aromatic heterocycles. The van der Waals surface area contributed by atoms with Crippen molar-refractivity contribution in [2.75, 3.05) is 19.8 Å². The number of ketones is 1. The Morgan fingerprint density at radius 2 is 1.76 bits per heavy atom. The molecule has 0 aliphatic carbocycles. The SMILES string of the molecule is CC[C@H](c1nnc(S[C@@H](C)C(=O)c2c(N)n(C)c(=O)n(C)c2=O)n1Cc1ccccc1)N(C)C. The second-order valence-electron chi connectivity index (χ2n) is 8.39. The van der Waals surface area contributed by atoms with Crippen LogP contribution in [0.25, 0.3) is 0 Å². The first kappa shape index (κ1) is 25.4. The van der Waals surface area contributed by atoms with Crippen LogP contribution in [-0.4, -0.2) is 53.9 Å². The number of Topliss-reactive ketones (excluding diaryl/α,β-unsaturated/α-hetero) is 1. The highest BCUT2D eigenvalue weighted by Gasteiger charge is 2.28. The van der Waals surface area contributed by atoms with E-state index in [1.165, 1.54) is 25.9 Å². The zero-order valence-electron chi connectivity index (χ0n) is 20.3. The molecular formula is C23H31N7O3S. The second kappa shape index (κ2) is 10.4. The lowest BCUT2D eigenvalue weighted by Gasteiger charge is -2.23. The molecular weight excluding hydrogens is 454 g/mol. The molecule has 2 N–H and O–H groups in total. The number of nitrogens with two attached hydrogens (primary N) is 1. The second-order valence-corrected chi connectivity index (χ2v) is 9.70. The third-order valence-electron chi connectivity index (χ3n) is 5.84. The molecule has 0 saturated carbocycles. The van der Waals surface area contributed by atoms with Crippen molar-refractivity contribution in [2.24, 2.45) is 14.1 Å². The average molecular weight is 486 g/mol. The van der Waals surface area contributed by atoms with Gasteiger partial charge in [0.2, 0.25) is 0 Å². The molecule has 0 saturated heterocycles. The Morgan fingerprint density at radius 1 is 1.12 bits per heavy atom. The Kier molecular flexibility index (Phi) is 7.78. The highest BCUT2D eigenvalue weighted by Crippen LogP contribution is 2.29. The van der Waals surface area contributed by atoms with E-state index in [1.54, 1.807) is 6.92 Å². The molecule has 11 heteroatoms. The molecule has 1 aromatic carbocycles. The normalized spacial score (nSPS) is 13.3. The van der Waals surface area contributed by atoms with Crippen LogP contribution >= 0.6 is 11.8 Å². The first-order valence-corrected chi connectivity index (χ1v) is 11.9. The molecule has 3 aromatic rings. The zero-order chi connectivity index (χ0) is 25.2. The molecule has 2 atom stereocenters. The van der Waals surface area contributed by atoms with Gasteiger partial charge in [0.1, 0.15) is 11.4 Å². The Morgan fingerprint density at radius 3 is 2.35 bits per heavy atom. The molecule has 0 spiro atoms. The summed E-state index contributed by atoms with van der Waals surface area (Å²) in [6.45, 7) is 4.32. The maximum Gasteiger partial charge on any atom is 0.332 e. The van der Waals surface area contributed by atoms with Gasteiger partial charge in [-0.3, -0.25) is 23.6 Å². The molecule has 3 rings (SSSR count). The van der Waals surface area contributed by atoms with E-state index in [2.05, 4.69) is 22.0 Å². The van der Waals surface area contributed by atoms with Gasteiger partial charge in [0, 0.05) is 14.1 Å². The van der Waals surface area contributed by atoms with Crippen LogP contribution in [0.4, 0.5) is 5.82 Å². The maximum absolute atomic E-state index is 13.3. The molecule has 2 heterocycles. The largest absolute Gasteiger partial charge is 0.384 e. The Labute approximate surface area is 202 Å². The number of aromatic nitrogens is 5. The van der Waals surface area contributed by atoms with Gasteiger partial charge >= 0.3 is 5.69 Å². The van der Waals surface area contributed by atoms with Crippen molar-refractivity contribution in [3.63, 3.8) is 0 Å². The number of nitrogens with zero attached hydrogens (tertiary/aromatic N) is 6. The van der Waals surface area contributed by atoms with Crippen molar-refractivity contribution in [2.45, 2.75) is 43.3 Å². The summed E-state index contributed by atoms with van der Waals surface area (Å²) in [7, 11) is 6.74. The van der Waals surface area contributed by atoms with E-state index in [9.17, 15) is 14.4 Å². The standard InChI is InChI=1S/C23H31N7O3S/c1-7-16(27(3)4)20-25-26-22(30(20)13-15-11-9-8-10-12-15)34-14(2)18(31)17-19(24)28(5)23(33)29(6)21(17)32/h8-12,14,16H,7,13,24H2,1-6H3/t14-,16+/m0/s1. The van der Waals surface area contributed by atoms with Crippen LogP contribution in [0.2, 0.25) is 0 Å². The summed E-state index contributed by atoms with van der Waals surface area (Å²) in [6.07, 6.45) is 0.837. The van der Waals surface area contributed by atoms with Crippen LogP contribution in [0.1, 0.15) is 48.1 Å². The van der Waals surface area contributed by atoms with E-state index in [0.29, 0.717) is 11.7 Å². The van der Waals surface area contributed by atoms with Gasteiger partial charge in [-0.1, -0.05) is 49.0 Å². The summed E-state index contributed by atoms with van der Waals surface area (Å²) in [5.41, 5.74) is 5.59. The molecule has 0 bridgehead atoms. The Hall–Kier alpha value is -3.18.